The molecule has 1 aromatic heterocycles. The molecule has 300 valence electrons. The van der Waals surface area contributed by atoms with Crippen LogP contribution in [0.15, 0.2) is 212 Å². The van der Waals surface area contributed by atoms with Gasteiger partial charge in [-0.25, -0.2) is 0 Å². The summed E-state index contributed by atoms with van der Waals surface area (Å²) in [7, 11) is 1.72. The molecule has 2 aliphatic rings. The van der Waals surface area contributed by atoms with E-state index >= 15 is 0 Å². The van der Waals surface area contributed by atoms with Crippen LogP contribution in [0.2, 0.25) is 0 Å². The first-order valence-electron chi connectivity index (χ1n) is 21.6. The lowest BCUT2D eigenvalue weighted by molar-refractivity contribution is 0.415. The molecule has 1 heterocycles. The van der Waals surface area contributed by atoms with Gasteiger partial charge >= 0.3 is 0 Å². The Labute approximate surface area is 363 Å². The zero-order valence-corrected chi connectivity index (χ0v) is 35.3. The largest absolute Gasteiger partial charge is 0.497 e. The van der Waals surface area contributed by atoms with Gasteiger partial charge in [-0.15, -0.1) is 0 Å². The van der Waals surface area contributed by atoms with Gasteiger partial charge in [0.15, 0.2) is 0 Å². The van der Waals surface area contributed by atoms with Gasteiger partial charge in [-0.3, -0.25) is 0 Å². The molecule has 0 spiro atoms. The van der Waals surface area contributed by atoms with Gasteiger partial charge in [-0.1, -0.05) is 117 Å². The molecule has 8 aromatic carbocycles. The number of hydrogen-bond acceptors (Lipinski definition) is 3. The number of hydrogen-bond donors (Lipinski definition) is 0. The zero-order chi connectivity index (χ0) is 41.8. The van der Waals surface area contributed by atoms with Crippen molar-refractivity contribution in [2.45, 2.75) is 32.1 Å². The average molecular weight is 802 g/mol. The minimum absolute atomic E-state index is 0.141. The topological polar surface area (TPSA) is 20.6 Å². The van der Waals surface area contributed by atoms with Crippen LogP contribution < -0.4 is 14.5 Å². The first-order chi connectivity index (χ1) is 30.5. The summed E-state index contributed by atoms with van der Waals surface area (Å²) in [6, 6.07) is 68.8. The van der Waals surface area contributed by atoms with Crippen LogP contribution in [0, 0.1) is 0 Å². The molecule has 2 aliphatic carbocycles. The zero-order valence-electron chi connectivity index (χ0n) is 35.3. The van der Waals surface area contributed by atoms with Crippen LogP contribution in [0.1, 0.15) is 37.8 Å². The van der Waals surface area contributed by atoms with E-state index in [-0.39, 0.29) is 5.41 Å². The lowest BCUT2D eigenvalue weighted by Crippen LogP contribution is -2.19. The lowest BCUT2D eigenvalue weighted by Gasteiger charge is -2.32. The van der Waals surface area contributed by atoms with Gasteiger partial charge in [0.05, 0.1) is 18.1 Å². The summed E-state index contributed by atoms with van der Waals surface area (Å²) in [5.41, 5.74) is 17.7. The maximum absolute atomic E-state index is 5.64. The summed E-state index contributed by atoms with van der Waals surface area (Å²) in [5, 5.41) is 2.46. The van der Waals surface area contributed by atoms with Gasteiger partial charge in [0.1, 0.15) is 5.75 Å². The van der Waals surface area contributed by atoms with Gasteiger partial charge in [0.2, 0.25) is 0 Å². The molecule has 62 heavy (non-hydrogen) atoms. The molecule has 0 bridgehead atoms. The molecule has 0 atom stereocenters. The van der Waals surface area contributed by atoms with E-state index in [2.05, 4.69) is 234 Å². The molecule has 4 heteroatoms. The average Bonchev–Trinajstić information content (AvgIpc) is 3.78. The number of methoxy groups -OCH3 is 1. The highest BCUT2D eigenvalue weighted by Gasteiger charge is 2.36. The van der Waals surface area contributed by atoms with Crippen molar-refractivity contribution in [3.05, 3.63) is 223 Å². The SMILES string of the molecule is COc1ccc(N(C2=CC=CCC2)c2cc(-c3ccc4c(c3)c3ccccc3n4-c3ccccc3)cc(N(c3ccccc3)c3ccc4c(c3)C(C)(C)c3ccccc3-4)c2)cc1. The molecule has 0 radical (unpaired) electrons. The van der Waals surface area contributed by atoms with E-state index in [4.69, 9.17) is 4.74 Å². The molecule has 0 fully saturated rings. The molecule has 0 amide bonds. The second-order valence-electron chi connectivity index (χ2n) is 16.9. The van der Waals surface area contributed by atoms with Gasteiger partial charge in [-0.2, -0.15) is 0 Å². The highest BCUT2D eigenvalue weighted by molar-refractivity contribution is 6.10. The van der Waals surface area contributed by atoms with Crippen LogP contribution in [0.4, 0.5) is 28.4 Å². The smallest absolute Gasteiger partial charge is 0.119 e. The number of nitrogens with zero attached hydrogens (tertiary/aromatic N) is 3. The number of allylic oxidation sites excluding steroid dienone is 4. The third-order valence-corrected chi connectivity index (χ3v) is 12.9. The van der Waals surface area contributed by atoms with Crippen molar-refractivity contribution in [3.8, 4) is 33.7 Å². The van der Waals surface area contributed by atoms with Crippen molar-refractivity contribution in [3.63, 3.8) is 0 Å². The van der Waals surface area contributed by atoms with E-state index in [1.54, 1.807) is 7.11 Å². The Morgan fingerprint density at radius 3 is 1.94 bits per heavy atom. The van der Waals surface area contributed by atoms with Crippen LogP contribution in [-0.2, 0) is 5.41 Å². The molecule has 0 saturated carbocycles. The van der Waals surface area contributed by atoms with E-state index in [0.29, 0.717) is 0 Å². The molecule has 0 N–H and O–H groups in total. The van der Waals surface area contributed by atoms with Gasteiger partial charge in [0.25, 0.3) is 0 Å². The summed E-state index contributed by atoms with van der Waals surface area (Å²) < 4.78 is 8.02. The van der Waals surface area contributed by atoms with E-state index < -0.39 is 0 Å². The van der Waals surface area contributed by atoms with Crippen LogP contribution in [0.3, 0.4) is 0 Å². The van der Waals surface area contributed by atoms with Crippen molar-refractivity contribution < 1.29 is 4.74 Å². The Bertz CT molecular complexity index is 3190. The third kappa shape index (κ3) is 6.30. The van der Waals surface area contributed by atoms with E-state index in [1.807, 2.05) is 0 Å². The molecular formula is C58H47N3O. The predicted octanol–water partition coefficient (Wildman–Crippen LogP) is 15.6. The van der Waals surface area contributed by atoms with Gasteiger partial charge < -0.3 is 19.1 Å². The Morgan fingerprint density at radius 1 is 0.500 bits per heavy atom. The summed E-state index contributed by atoms with van der Waals surface area (Å²) in [6.07, 6.45) is 8.62. The number of aromatic nitrogens is 1. The number of rotatable bonds is 9. The highest BCUT2D eigenvalue weighted by atomic mass is 16.5. The predicted molar refractivity (Wildman–Crippen MR) is 260 cm³/mol. The second-order valence-corrected chi connectivity index (χ2v) is 16.9. The van der Waals surface area contributed by atoms with Crippen molar-refractivity contribution in [2.24, 2.45) is 0 Å². The maximum Gasteiger partial charge on any atom is 0.119 e. The quantitative estimate of drug-likeness (QED) is 0.145. The number of fused-ring (bicyclic) bond motifs is 6. The summed E-state index contributed by atoms with van der Waals surface area (Å²) >= 11 is 0. The Balaban J connectivity index is 1.16. The van der Waals surface area contributed by atoms with Crippen molar-refractivity contribution >= 4 is 50.2 Å². The summed E-state index contributed by atoms with van der Waals surface area (Å²) in [4.78, 5) is 4.87. The van der Waals surface area contributed by atoms with Crippen LogP contribution in [-0.4, -0.2) is 11.7 Å². The monoisotopic (exact) mass is 801 g/mol. The molecule has 0 unspecified atom stereocenters. The number of benzene rings is 8. The first kappa shape index (κ1) is 37.4. The fourth-order valence-electron chi connectivity index (χ4n) is 9.87. The highest BCUT2D eigenvalue weighted by Crippen LogP contribution is 2.51. The minimum atomic E-state index is -0.141. The molecule has 0 saturated heterocycles. The molecular weight excluding hydrogens is 755 g/mol. The fourth-order valence-corrected chi connectivity index (χ4v) is 9.87. The van der Waals surface area contributed by atoms with E-state index in [0.717, 1.165) is 63.8 Å². The van der Waals surface area contributed by atoms with Crippen molar-refractivity contribution in [1.82, 2.24) is 4.57 Å². The van der Waals surface area contributed by atoms with E-state index in [1.165, 1.54) is 49.8 Å². The lowest BCUT2D eigenvalue weighted by atomic mass is 9.82. The summed E-state index contributed by atoms with van der Waals surface area (Å²) in [5.74, 6) is 0.834. The number of ether oxygens (including phenoxy) is 1. The fraction of sp³-hybridized carbons (Fsp3) is 0.103. The number of anilines is 5. The maximum atomic E-state index is 5.64. The van der Waals surface area contributed by atoms with Crippen LogP contribution in [0.5, 0.6) is 5.75 Å². The molecule has 0 aliphatic heterocycles. The molecule has 11 rings (SSSR count). The van der Waals surface area contributed by atoms with Crippen molar-refractivity contribution in [1.29, 1.82) is 0 Å². The van der Waals surface area contributed by atoms with Gasteiger partial charge in [0, 0.05) is 56.0 Å². The number of para-hydroxylation sites is 3. The molecule has 4 nitrogen and oxygen atoms in total. The van der Waals surface area contributed by atoms with Crippen LogP contribution in [0.25, 0.3) is 49.7 Å². The third-order valence-electron chi connectivity index (χ3n) is 12.9. The Morgan fingerprint density at radius 2 is 1.16 bits per heavy atom. The van der Waals surface area contributed by atoms with E-state index in [9.17, 15) is 0 Å². The molecule has 9 aromatic rings. The first-order valence-corrected chi connectivity index (χ1v) is 21.6. The van der Waals surface area contributed by atoms with Crippen molar-refractivity contribution in [2.75, 3.05) is 16.9 Å². The summed E-state index contributed by atoms with van der Waals surface area (Å²) in [6.45, 7) is 4.72. The normalized spacial score (nSPS) is 13.8. The minimum Gasteiger partial charge on any atom is -0.497 e. The Hall–Kier alpha value is -7.56. The second kappa shape index (κ2) is 15.2. The Kier molecular flexibility index (Phi) is 9.16. The van der Waals surface area contributed by atoms with Crippen LogP contribution >= 0.6 is 0 Å². The van der Waals surface area contributed by atoms with Gasteiger partial charge in [-0.05, 0) is 149 Å². The standard InChI is InChI=1S/C58H47N3O/c1-58(2)54-25-15-13-23-50(54)51-33-30-46(39-55(51)58)60(43-19-9-5-10-20-43)48-36-41(35-47(38-48)59(42-17-7-4-8-18-42)45-28-31-49(62-3)32-29-45)40-27-34-57-53(37-40)52-24-14-16-26-56(52)61(57)44-21-11-6-12-22-44/h4-7,9-17,19-39H,8,18H2,1-3H3.